The molecule has 4 N–H and O–H groups in total. The summed E-state index contributed by atoms with van der Waals surface area (Å²) in [4.78, 5) is 16.2. The fourth-order valence-corrected chi connectivity index (χ4v) is 0.622. The van der Waals surface area contributed by atoms with Crippen molar-refractivity contribution in [3.05, 3.63) is 0 Å². The van der Waals surface area contributed by atoms with Gasteiger partial charge in [-0.15, -0.1) is 0 Å². The van der Waals surface area contributed by atoms with Crippen LogP contribution in [0.4, 0.5) is 0 Å². The first-order valence-electron chi connectivity index (χ1n) is 2.59. The molecule has 0 unspecified atom stereocenters. The van der Waals surface area contributed by atoms with Gasteiger partial charge in [0.1, 0.15) is 0 Å². The minimum Gasteiger partial charge on any atom is -0.402 e. The monoisotopic (exact) mass is 186 g/mol. The summed E-state index contributed by atoms with van der Waals surface area (Å²) < 4.78 is 17.9. The molecule has 0 spiro atoms. The second-order valence-electron chi connectivity index (χ2n) is 1.52. The number of phosphoric ester groups is 1. The van der Waals surface area contributed by atoms with E-state index < -0.39 is 21.8 Å². The second-order valence-corrected chi connectivity index (χ2v) is 2.76. The molecule has 0 saturated heterocycles. The predicted molar refractivity (Wildman–Crippen MR) is 34.1 cm³/mol. The van der Waals surface area contributed by atoms with E-state index in [4.69, 9.17) is 19.8 Å². The van der Waals surface area contributed by atoms with Crippen molar-refractivity contribution in [3.63, 3.8) is 0 Å². The molecule has 7 nitrogen and oxygen atoms in total. The maximum atomic E-state index is 9.97. The Kier molecular flexibility index (Phi) is 4.86. The van der Waals surface area contributed by atoms with E-state index in [9.17, 15) is 4.57 Å². The predicted octanol–water partition coefficient (Wildman–Crippen LogP) is -1.92. The van der Waals surface area contributed by atoms with Crippen molar-refractivity contribution in [1.82, 2.24) is 0 Å². The van der Waals surface area contributed by atoms with E-state index in [0.717, 1.165) is 0 Å². The average Bonchev–Trinajstić information content (AvgIpc) is 1.78. The molecule has 0 amide bonds. The number of phosphoric acid groups is 1. The summed E-state index contributed by atoms with van der Waals surface area (Å²) >= 11 is 0. The third kappa shape index (κ3) is 10.1. The van der Waals surface area contributed by atoms with Crippen molar-refractivity contribution >= 4 is 15.1 Å². The summed E-state index contributed by atoms with van der Waals surface area (Å²) in [7, 11) is -6.42. The van der Waals surface area contributed by atoms with E-state index in [1.165, 1.54) is 0 Å². The first kappa shape index (κ1) is 11.1. The molecule has 0 saturated carbocycles. The van der Waals surface area contributed by atoms with Crippen molar-refractivity contribution < 1.29 is 33.6 Å². The molecule has 0 aromatic heterocycles. The third-order valence-electron chi connectivity index (χ3n) is 0.610. The molecule has 0 aromatic rings. The molecule has 0 aliphatic carbocycles. The zero-order valence-corrected chi connectivity index (χ0v) is 6.35. The normalized spacial score (nSPS) is 11.6. The second kappa shape index (κ2) is 4.84. The van der Waals surface area contributed by atoms with E-state index in [0.29, 0.717) is 0 Å². The highest BCUT2D eigenvalue weighted by atomic mass is 31.2. The maximum Gasteiger partial charge on any atom is 0.633 e. The summed E-state index contributed by atoms with van der Waals surface area (Å²) in [6.07, 6.45) is 0. The van der Waals surface area contributed by atoms with Gasteiger partial charge in [-0.2, -0.15) is 0 Å². The van der Waals surface area contributed by atoms with Gasteiger partial charge in [-0.25, -0.2) is 4.57 Å². The van der Waals surface area contributed by atoms with Gasteiger partial charge in [0.05, 0.1) is 13.2 Å². The van der Waals surface area contributed by atoms with Gasteiger partial charge in [-0.05, 0) is 0 Å². The molecule has 0 bridgehead atoms. The third-order valence-corrected chi connectivity index (χ3v) is 1.13. The Labute approximate surface area is 63.0 Å². The number of hydrogen-bond donors (Lipinski definition) is 4. The van der Waals surface area contributed by atoms with Crippen LogP contribution in [0.3, 0.4) is 0 Å². The lowest BCUT2D eigenvalue weighted by Gasteiger charge is -2.04. The van der Waals surface area contributed by atoms with Crippen LogP contribution < -0.4 is 0 Å². The van der Waals surface area contributed by atoms with Gasteiger partial charge < -0.3 is 24.5 Å². The van der Waals surface area contributed by atoms with Crippen molar-refractivity contribution in [3.8, 4) is 0 Å². The van der Waals surface area contributed by atoms with E-state index in [2.05, 4.69) is 9.18 Å². The van der Waals surface area contributed by atoms with Crippen LogP contribution >= 0.6 is 7.82 Å². The molecular weight excluding hydrogens is 178 g/mol. The van der Waals surface area contributed by atoms with Crippen molar-refractivity contribution in [2.75, 3.05) is 13.2 Å². The van der Waals surface area contributed by atoms with Gasteiger partial charge in [-0.3, -0.25) is 4.52 Å². The van der Waals surface area contributed by atoms with Gasteiger partial charge >= 0.3 is 15.1 Å². The largest absolute Gasteiger partial charge is 0.633 e. The molecule has 0 heterocycles. The van der Waals surface area contributed by atoms with E-state index in [1.54, 1.807) is 0 Å². The molecule has 0 rings (SSSR count). The summed E-state index contributed by atoms with van der Waals surface area (Å²) in [5.74, 6) is 0. The Hall–Kier alpha value is 0.0549. The van der Waals surface area contributed by atoms with Gasteiger partial charge in [0.25, 0.3) is 0 Å². The summed E-state index contributed by atoms with van der Waals surface area (Å²) in [5.41, 5.74) is 0. The SMILES string of the molecule is O=P(O)(O)OCCOB(O)O. The molecular formula is C2H8BO7P. The van der Waals surface area contributed by atoms with Crippen molar-refractivity contribution in [2.24, 2.45) is 0 Å². The quantitative estimate of drug-likeness (QED) is 0.224. The highest BCUT2D eigenvalue weighted by molar-refractivity contribution is 7.46. The van der Waals surface area contributed by atoms with Crippen molar-refractivity contribution in [2.45, 2.75) is 0 Å². The molecule has 0 aromatic carbocycles. The Morgan fingerprint density at radius 2 is 1.82 bits per heavy atom. The maximum absolute atomic E-state index is 9.97. The average molecular weight is 186 g/mol. The fraction of sp³-hybridized carbons (Fsp3) is 1.00. The van der Waals surface area contributed by atoms with E-state index >= 15 is 0 Å². The molecule has 9 heteroatoms. The van der Waals surface area contributed by atoms with Crippen LogP contribution in [0.2, 0.25) is 0 Å². The van der Waals surface area contributed by atoms with Crippen LogP contribution in [-0.2, 0) is 13.7 Å². The van der Waals surface area contributed by atoms with Crippen LogP contribution in [0.5, 0.6) is 0 Å². The highest BCUT2D eigenvalue weighted by Gasteiger charge is 2.14. The van der Waals surface area contributed by atoms with Crippen LogP contribution in [-0.4, -0.2) is 40.4 Å². The lowest BCUT2D eigenvalue weighted by molar-refractivity contribution is 0.125. The summed E-state index contributed by atoms with van der Waals surface area (Å²) in [5, 5.41) is 16.1. The van der Waals surface area contributed by atoms with Crippen LogP contribution in [0.25, 0.3) is 0 Å². The molecule has 66 valence electrons. The van der Waals surface area contributed by atoms with Crippen LogP contribution in [0, 0.1) is 0 Å². The molecule has 11 heavy (non-hydrogen) atoms. The van der Waals surface area contributed by atoms with Crippen LogP contribution in [0.15, 0.2) is 0 Å². The number of rotatable bonds is 5. The topological polar surface area (TPSA) is 116 Å². The first-order chi connectivity index (χ1) is 4.92. The molecule has 0 fully saturated rings. The van der Waals surface area contributed by atoms with E-state index in [-0.39, 0.29) is 6.61 Å². The Morgan fingerprint density at radius 1 is 1.27 bits per heavy atom. The first-order valence-corrected chi connectivity index (χ1v) is 4.12. The lowest BCUT2D eigenvalue weighted by Crippen LogP contribution is -2.19. The Morgan fingerprint density at radius 3 is 2.18 bits per heavy atom. The van der Waals surface area contributed by atoms with Gasteiger partial charge in [0, 0.05) is 0 Å². The smallest absolute Gasteiger partial charge is 0.402 e. The standard InChI is InChI=1S/C2H8BO7P/c4-3(5)9-1-2-10-11(6,7)8/h4-5H,1-2H2,(H2,6,7,8). The highest BCUT2D eigenvalue weighted by Crippen LogP contribution is 2.35. The number of hydrogen-bond acceptors (Lipinski definition) is 5. The van der Waals surface area contributed by atoms with Crippen molar-refractivity contribution in [1.29, 1.82) is 0 Å². The molecule has 0 aliphatic rings. The zero-order valence-electron chi connectivity index (χ0n) is 5.45. The molecule has 0 aliphatic heterocycles. The molecule has 0 radical (unpaired) electrons. The van der Waals surface area contributed by atoms with Gasteiger partial charge in [-0.1, -0.05) is 0 Å². The molecule has 0 atom stereocenters. The van der Waals surface area contributed by atoms with Gasteiger partial charge in [0.15, 0.2) is 0 Å². The zero-order chi connectivity index (χ0) is 8.91. The van der Waals surface area contributed by atoms with E-state index in [1.807, 2.05) is 0 Å². The van der Waals surface area contributed by atoms with Crippen LogP contribution in [0.1, 0.15) is 0 Å². The Balaban J connectivity index is 3.22. The minimum absolute atomic E-state index is 0.303. The summed E-state index contributed by atoms with van der Waals surface area (Å²) in [6, 6.07) is 0. The van der Waals surface area contributed by atoms with Gasteiger partial charge in [0.2, 0.25) is 0 Å². The fourth-order valence-electron chi connectivity index (χ4n) is 0.310. The lowest BCUT2D eigenvalue weighted by atomic mass is 10.3. The summed E-state index contributed by atoms with van der Waals surface area (Å²) in [6.45, 7) is -0.704. The minimum atomic E-state index is -4.47. The Bertz CT molecular complexity index is 141.